The number of H-pyrrole nitrogens is 1. The van der Waals surface area contributed by atoms with Gasteiger partial charge < -0.3 is 15.2 Å². The van der Waals surface area contributed by atoms with E-state index in [0.29, 0.717) is 18.1 Å². The zero-order chi connectivity index (χ0) is 17.1. The second-order valence-corrected chi connectivity index (χ2v) is 6.00. The molecule has 2 aromatic heterocycles. The van der Waals surface area contributed by atoms with E-state index in [-0.39, 0.29) is 24.8 Å². The fraction of sp³-hybridized carbons (Fsp3) is 0.278. The summed E-state index contributed by atoms with van der Waals surface area (Å²) in [4.78, 5) is 18.3. The van der Waals surface area contributed by atoms with Crippen LogP contribution in [0.4, 0.5) is 10.3 Å². The summed E-state index contributed by atoms with van der Waals surface area (Å²) in [5.41, 5.74) is 2.20. The molecule has 1 aliphatic rings. The van der Waals surface area contributed by atoms with Gasteiger partial charge in [-0.1, -0.05) is 30.3 Å². The first kappa shape index (κ1) is 21.1. The molecule has 3 aromatic rings. The van der Waals surface area contributed by atoms with E-state index in [1.165, 1.54) is 6.20 Å². The van der Waals surface area contributed by atoms with Gasteiger partial charge in [0.05, 0.1) is 11.9 Å². The lowest BCUT2D eigenvalue weighted by atomic mass is 10.2. The minimum Gasteiger partial charge on any atom is -0.342 e. The van der Waals surface area contributed by atoms with Crippen LogP contribution in [0.5, 0.6) is 0 Å². The van der Waals surface area contributed by atoms with E-state index in [1.807, 2.05) is 30.3 Å². The number of anilines is 1. The van der Waals surface area contributed by atoms with Gasteiger partial charge in [-0.25, -0.2) is 19.3 Å². The van der Waals surface area contributed by atoms with Gasteiger partial charge in [0.2, 0.25) is 5.95 Å². The molecule has 4 rings (SSSR count). The van der Waals surface area contributed by atoms with E-state index in [4.69, 9.17) is 0 Å². The predicted octanol–water partition coefficient (Wildman–Crippen LogP) is 2.85. The molecule has 0 saturated carbocycles. The Hall–Kier alpha value is -2.22. The molecule has 0 spiro atoms. The quantitative estimate of drug-likeness (QED) is 0.691. The van der Waals surface area contributed by atoms with Crippen molar-refractivity contribution < 1.29 is 4.39 Å². The van der Waals surface area contributed by atoms with Crippen LogP contribution in [0.25, 0.3) is 11.4 Å². The minimum absolute atomic E-state index is 0. The summed E-state index contributed by atoms with van der Waals surface area (Å²) in [6.07, 6.45) is 3.34. The number of hydrogen-bond acceptors (Lipinski definition) is 5. The lowest BCUT2D eigenvalue weighted by Gasteiger charge is -2.27. The number of aromatic nitrogens is 4. The molecular weight excluding hydrogens is 390 g/mol. The zero-order valence-electron chi connectivity index (χ0n) is 14.6. The van der Waals surface area contributed by atoms with Gasteiger partial charge in [0.1, 0.15) is 5.82 Å². The molecule has 3 heterocycles. The fourth-order valence-corrected chi connectivity index (χ4v) is 2.91. The van der Waals surface area contributed by atoms with Crippen molar-refractivity contribution >= 4 is 30.8 Å². The van der Waals surface area contributed by atoms with Crippen LogP contribution in [-0.2, 0) is 6.42 Å². The van der Waals surface area contributed by atoms with Crippen molar-refractivity contribution in [2.24, 2.45) is 0 Å². The van der Waals surface area contributed by atoms with Crippen LogP contribution in [0.1, 0.15) is 11.4 Å². The summed E-state index contributed by atoms with van der Waals surface area (Å²) in [6.45, 7) is 3.43. The standard InChI is InChI=1S/C18H19FN6.2ClH/c19-15-12-22-18(25-8-6-20-7-9-25)24-16(15)10-14-11-21-17(23-14)13-4-2-1-3-5-13;;/h1-5,11-12,20H,6-10H2,(H,21,23);2*1H. The molecule has 1 aromatic carbocycles. The van der Waals surface area contributed by atoms with Gasteiger partial charge in [-0.2, -0.15) is 0 Å². The number of imidazole rings is 1. The molecule has 1 aliphatic heterocycles. The third-order valence-electron chi connectivity index (χ3n) is 4.24. The molecule has 1 fully saturated rings. The SMILES string of the molecule is Cl.Cl.Fc1cnc(N2CCNCC2)nc1Cc1cnc(-c2ccccc2)[nH]1. The monoisotopic (exact) mass is 410 g/mol. The Balaban J connectivity index is 0.00000131. The van der Waals surface area contributed by atoms with E-state index < -0.39 is 5.82 Å². The van der Waals surface area contributed by atoms with Gasteiger partial charge in [-0.3, -0.25) is 0 Å². The molecule has 144 valence electrons. The first-order valence-electron chi connectivity index (χ1n) is 8.36. The third-order valence-corrected chi connectivity index (χ3v) is 4.24. The van der Waals surface area contributed by atoms with Crippen molar-refractivity contribution in [2.45, 2.75) is 6.42 Å². The molecule has 0 radical (unpaired) electrons. The summed E-state index contributed by atoms with van der Waals surface area (Å²) in [5, 5.41) is 3.28. The van der Waals surface area contributed by atoms with Gasteiger partial charge in [0.25, 0.3) is 0 Å². The maximum absolute atomic E-state index is 14.2. The van der Waals surface area contributed by atoms with Crippen molar-refractivity contribution in [2.75, 3.05) is 31.1 Å². The summed E-state index contributed by atoms with van der Waals surface area (Å²) >= 11 is 0. The average Bonchev–Trinajstić information content (AvgIpc) is 3.14. The molecule has 0 unspecified atom stereocenters. The first-order valence-corrected chi connectivity index (χ1v) is 8.36. The van der Waals surface area contributed by atoms with Crippen LogP contribution in [0, 0.1) is 5.82 Å². The topological polar surface area (TPSA) is 69.7 Å². The third kappa shape index (κ3) is 4.94. The Morgan fingerprint density at radius 1 is 1.00 bits per heavy atom. The summed E-state index contributed by atoms with van der Waals surface area (Å²) in [7, 11) is 0. The smallest absolute Gasteiger partial charge is 0.225 e. The highest BCUT2D eigenvalue weighted by Crippen LogP contribution is 2.18. The van der Waals surface area contributed by atoms with E-state index in [0.717, 1.165) is 43.3 Å². The number of halogens is 3. The maximum atomic E-state index is 14.2. The molecule has 0 aliphatic carbocycles. The van der Waals surface area contributed by atoms with Crippen molar-refractivity contribution in [3.63, 3.8) is 0 Å². The fourth-order valence-electron chi connectivity index (χ4n) is 2.91. The lowest BCUT2D eigenvalue weighted by Crippen LogP contribution is -2.44. The molecule has 1 saturated heterocycles. The number of hydrogen-bond donors (Lipinski definition) is 2. The number of piperazine rings is 1. The highest BCUT2D eigenvalue weighted by Gasteiger charge is 2.16. The highest BCUT2D eigenvalue weighted by atomic mass is 35.5. The molecule has 0 amide bonds. The van der Waals surface area contributed by atoms with Gasteiger partial charge in [0, 0.05) is 50.1 Å². The summed E-state index contributed by atoms with van der Waals surface area (Å²) in [6, 6.07) is 9.84. The Kier molecular flexibility index (Phi) is 7.53. The first-order chi connectivity index (χ1) is 12.3. The second kappa shape index (κ2) is 9.64. The highest BCUT2D eigenvalue weighted by molar-refractivity contribution is 5.85. The van der Waals surface area contributed by atoms with E-state index >= 15 is 0 Å². The number of nitrogens with one attached hydrogen (secondary N) is 2. The van der Waals surface area contributed by atoms with E-state index in [1.54, 1.807) is 6.20 Å². The van der Waals surface area contributed by atoms with Crippen LogP contribution < -0.4 is 10.2 Å². The van der Waals surface area contributed by atoms with Crippen LogP contribution in [0.2, 0.25) is 0 Å². The molecule has 27 heavy (non-hydrogen) atoms. The lowest BCUT2D eigenvalue weighted by molar-refractivity contribution is 0.565. The summed E-state index contributed by atoms with van der Waals surface area (Å²) < 4.78 is 14.2. The van der Waals surface area contributed by atoms with Gasteiger partial charge in [-0.15, -0.1) is 24.8 Å². The summed E-state index contributed by atoms with van der Waals surface area (Å²) in [5.74, 6) is 0.961. The number of aromatic amines is 1. The van der Waals surface area contributed by atoms with Crippen LogP contribution >= 0.6 is 24.8 Å². The molecule has 0 atom stereocenters. The van der Waals surface area contributed by atoms with Crippen LogP contribution in [-0.4, -0.2) is 46.1 Å². The van der Waals surface area contributed by atoms with Crippen molar-refractivity contribution in [3.05, 3.63) is 59.9 Å². The van der Waals surface area contributed by atoms with Crippen LogP contribution in [0.15, 0.2) is 42.7 Å². The molecular formula is C18H21Cl2FN6. The van der Waals surface area contributed by atoms with E-state index in [2.05, 4.69) is 30.2 Å². The second-order valence-electron chi connectivity index (χ2n) is 6.00. The molecule has 0 bridgehead atoms. The number of rotatable bonds is 4. The van der Waals surface area contributed by atoms with E-state index in [9.17, 15) is 4.39 Å². The normalized spacial score (nSPS) is 13.6. The Labute approximate surface area is 169 Å². The number of benzene rings is 1. The Morgan fingerprint density at radius 2 is 1.74 bits per heavy atom. The van der Waals surface area contributed by atoms with Crippen molar-refractivity contribution in [3.8, 4) is 11.4 Å². The van der Waals surface area contributed by atoms with Gasteiger partial charge >= 0.3 is 0 Å². The molecule has 6 nitrogen and oxygen atoms in total. The molecule has 9 heteroatoms. The maximum Gasteiger partial charge on any atom is 0.225 e. The van der Waals surface area contributed by atoms with Crippen molar-refractivity contribution in [1.29, 1.82) is 0 Å². The Bertz CT molecular complexity index is 852. The van der Waals surface area contributed by atoms with Crippen LogP contribution in [0.3, 0.4) is 0 Å². The van der Waals surface area contributed by atoms with Gasteiger partial charge in [-0.05, 0) is 0 Å². The zero-order valence-corrected chi connectivity index (χ0v) is 16.2. The largest absolute Gasteiger partial charge is 0.342 e. The minimum atomic E-state index is -0.394. The number of nitrogens with zero attached hydrogens (tertiary/aromatic N) is 4. The van der Waals surface area contributed by atoms with Crippen molar-refractivity contribution in [1.82, 2.24) is 25.3 Å². The Morgan fingerprint density at radius 3 is 2.48 bits per heavy atom. The predicted molar refractivity (Wildman–Crippen MR) is 108 cm³/mol. The van der Waals surface area contributed by atoms with Gasteiger partial charge in [0.15, 0.2) is 5.82 Å². The average molecular weight is 411 g/mol. The molecule has 2 N–H and O–H groups in total.